The number of carbonyl (C=O) groups is 3. The molecule has 2 rings (SSSR count). The van der Waals surface area contributed by atoms with Crippen LogP contribution in [-0.4, -0.2) is 28.5 Å². The fourth-order valence-corrected chi connectivity index (χ4v) is 1.95. The molecule has 1 heterocycles. The molecule has 0 saturated heterocycles. The Balaban J connectivity index is 2.45. The number of amides is 3. The number of ketones is 1. The van der Waals surface area contributed by atoms with Gasteiger partial charge in [0, 0.05) is 0 Å². The van der Waals surface area contributed by atoms with Crippen LogP contribution in [0.3, 0.4) is 0 Å². The summed E-state index contributed by atoms with van der Waals surface area (Å²) in [5.41, 5.74) is -0.201. The molecule has 0 atom stereocenters. The molecule has 0 spiro atoms. The van der Waals surface area contributed by atoms with Crippen LogP contribution in [0.4, 0.5) is 10.5 Å². The molecule has 20 heavy (non-hydrogen) atoms. The van der Waals surface area contributed by atoms with Crippen molar-refractivity contribution in [3.05, 3.63) is 41.7 Å². The number of Topliss-reactive ketones (excluding diaryl/α,β-unsaturated/α-hetero) is 1. The Kier molecular flexibility index (Phi) is 3.47. The van der Waals surface area contributed by atoms with Gasteiger partial charge in [0.1, 0.15) is 11.5 Å². The van der Waals surface area contributed by atoms with E-state index in [4.69, 9.17) is 0 Å². The summed E-state index contributed by atoms with van der Waals surface area (Å²) >= 11 is 0. The lowest BCUT2D eigenvalue weighted by atomic mass is 10.0. The highest BCUT2D eigenvalue weighted by molar-refractivity contribution is 6.61. The zero-order chi connectivity index (χ0) is 14.9. The molecule has 6 heteroatoms. The smallest absolute Gasteiger partial charge is 0.355 e. The first kappa shape index (κ1) is 13.7. The summed E-state index contributed by atoms with van der Waals surface area (Å²) in [6, 6.07) is 7.47. The summed E-state index contributed by atoms with van der Waals surface area (Å²) in [5.74, 6) is -1.59. The van der Waals surface area contributed by atoms with E-state index < -0.39 is 17.7 Å². The highest BCUT2D eigenvalue weighted by Gasteiger charge is 2.38. The molecule has 0 radical (unpaired) electrons. The van der Waals surface area contributed by atoms with Crippen molar-refractivity contribution < 1.29 is 19.5 Å². The maximum atomic E-state index is 12.2. The van der Waals surface area contributed by atoms with Crippen molar-refractivity contribution >= 4 is 29.1 Å². The molecule has 3 amide bonds. The molecule has 1 aliphatic rings. The SMILES string of the molecule is CC(=O)/C(C1=NC(=O)N(c2ccccc2)C1=O)=C(/C)O. The van der Waals surface area contributed by atoms with Crippen LogP contribution in [0.1, 0.15) is 13.8 Å². The van der Waals surface area contributed by atoms with Crippen molar-refractivity contribution in [3.63, 3.8) is 0 Å². The molecule has 1 N–H and O–H groups in total. The first-order chi connectivity index (χ1) is 9.43. The predicted molar refractivity (Wildman–Crippen MR) is 72.8 cm³/mol. The van der Waals surface area contributed by atoms with E-state index in [1.54, 1.807) is 30.3 Å². The van der Waals surface area contributed by atoms with Crippen molar-refractivity contribution in [2.45, 2.75) is 13.8 Å². The van der Waals surface area contributed by atoms with E-state index in [0.29, 0.717) is 5.69 Å². The van der Waals surface area contributed by atoms with Crippen LogP contribution >= 0.6 is 0 Å². The molecule has 0 aliphatic carbocycles. The molecule has 0 unspecified atom stereocenters. The van der Waals surface area contributed by atoms with Gasteiger partial charge in [0.05, 0.1) is 11.3 Å². The molecule has 0 aromatic heterocycles. The molecule has 6 nitrogen and oxygen atoms in total. The number of aliphatic imine (C=N–C) groups is 1. The Morgan fingerprint density at radius 3 is 2.25 bits per heavy atom. The number of benzene rings is 1. The van der Waals surface area contributed by atoms with Gasteiger partial charge in [-0.05, 0) is 26.0 Å². The Morgan fingerprint density at radius 1 is 1.15 bits per heavy atom. The number of aliphatic hydroxyl groups excluding tert-OH is 1. The summed E-state index contributed by atoms with van der Waals surface area (Å²) in [5, 5.41) is 9.50. The number of anilines is 1. The Labute approximate surface area is 115 Å². The summed E-state index contributed by atoms with van der Waals surface area (Å²) in [6.45, 7) is 2.46. The minimum atomic E-state index is -0.781. The van der Waals surface area contributed by atoms with Gasteiger partial charge in [-0.15, -0.1) is 0 Å². The Bertz CT molecular complexity index is 655. The van der Waals surface area contributed by atoms with E-state index in [9.17, 15) is 19.5 Å². The third-order valence-electron chi connectivity index (χ3n) is 2.77. The van der Waals surface area contributed by atoms with Crippen molar-refractivity contribution in [3.8, 4) is 0 Å². The highest BCUT2D eigenvalue weighted by Crippen LogP contribution is 2.22. The number of carbonyl (C=O) groups excluding carboxylic acids is 3. The number of nitrogens with zero attached hydrogens (tertiary/aromatic N) is 2. The fourth-order valence-electron chi connectivity index (χ4n) is 1.95. The van der Waals surface area contributed by atoms with Crippen molar-refractivity contribution in [1.82, 2.24) is 0 Å². The second kappa shape index (κ2) is 5.08. The van der Waals surface area contributed by atoms with Crippen LogP contribution in [0.5, 0.6) is 0 Å². The van der Waals surface area contributed by atoms with E-state index in [2.05, 4.69) is 4.99 Å². The van der Waals surface area contributed by atoms with Crippen LogP contribution in [-0.2, 0) is 9.59 Å². The lowest BCUT2D eigenvalue weighted by Gasteiger charge is -2.12. The van der Waals surface area contributed by atoms with Gasteiger partial charge in [-0.3, -0.25) is 9.59 Å². The number of urea groups is 1. The molecular formula is C14H12N2O4. The highest BCUT2D eigenvalue weighted by atomic mass is 16.3. The summed E-state index contributed by atoms with van der Waals surface area (Å²) < 4.78 is 0. The van der Waals surface area contributed by atoms with Crippen LogP contribution in [0.15, 0.2) is 46.7 Å². The lowest BCUT2D eigenvalue weighted by Crippen LogP contribution is -2.34. The van der Waals surface area contributed by atoms with Gasteiger partial charge in [-0.2, -0.15) is 4.99 Å². The first-order valence-corrected chi connectivity index (χ1v) is 5.86. The zero-order valence-electron chi connectivity index (χ0n) is 11.0. The number of hydrogen-bond acceptors (Lipinski definition) is 4. The molecular weight excluding hydrogens is 260 g/mol. The average molecular weight is 272 g/mol. The van der Waals surface area contributed by atoms with Gasteiger partial charge in [-0.1, -0.05) is 18.2 Å². The largest absolute Gasteiger partial charge is 0.512 e. The maximum absolute atomic E-state index is 12.2. The van der Waals surface area contributed by atoms with Crippen molar-refractivity contribution in [2.24, 2.45) is 4.99 Å². The van der Waals surface area contributed by atoms with Crippen LogP contribution in [0.2, 0.25) is 0 Å². The van der Waals surface area contributed by atoms with Gasteiger partial charge in [0.15, 0.2) is 5.78 Å². The number of para-hydroxylation sites is 1. The topological polar surface area (TPSA) is 87.0 Å². The summed E-state index contributed by atoms with van der Waals surface area (Å²) in [4.78, 5) is 40.0. The van der Waals surface area contributed by atoms with E-state index in [1.165, 1.54) is 13.8 Å². The fraction of sp³-hybridized carbons (Fsp3) is 0.143. The van der Waals surface area contributed by atoms with Gasteiger partial charge >= 0.3 is 6.03 Å². The molecule has 0 saturated carbocycles. The van der Waals surface area contributed by atoms with Crippen molar-refractivity contribution in [2.75, 3.05) is 4.90 Å². The number of rotatable bonds is 3. The first-order valence-electron chi connectivity index (χ1n) is 5.86. The lowest BCUT2D eigenvalue weighted by molar-refractivity contribution is -0.114. The number of imide groups is 1. The average Bonchev–Trinajstić information content (AvgIpc) is 2.65. The predicted octanol–water partition coefficient (Wildman–Crippen LogP) is 2.02. The number of aliphatic hydroxyl groups is 1. The quantitative estimate of drug-likeness (QED) is 0.673. The molecule has 102 valence electrons. The van der Waals surface area contributed by atoms with Gasteiger partial charge < -0.3 is 5.11 Å². The van der Waals surface area contributed by atoms with Gasteiger partial charge in [0.25, 0.3) is 5.91 Å². The second-order valence-electron chi connectivity index (χ2n) is 4.24. The second-order valence-corrected chi connectivity index (χ2v) is 4.24. The minimum absolute atomic E-state index is 0.234. The molecule has 1 aliphatic heterocycles. The molecule has 0 bridgehead atoms. The van der Waals surface area contributed by atoms with E-state index in [-0.39, 0.29) is 17.0 Å². The zero-order valence-corrected chi connectivity index (χ0v) is 11.0. The van der Waals surface area contributed by atoms with Crippen molar-refractivity contribution in [1.29, 1.82) is 0 Å². The number of allylic oxidation sites excluding steroid dienone is 1. The van der Waals surface area contributed by atoms with Gasteiger partial charge in [-0.25, -0.2) is 9.69 Å². The normalized spacial score (nSPS) is 16.1. The monoisotopic (exact) mass is 272 g/mol. The number of hydrogen-bond donors (Lipinski definition) is 1. The van der Waals surface area contributed by atoms with Crippen LogP contribution < -0.4 is 4.90 Å². The van der Waals surface area contributed by atoms with E-state index in [0.717, 1.165) is 4.90 Å². The maximum Gasteiger partial charge on any atom is 0.355 e. The summed E-state index contributed by atoms with van der Waals surface area (Å²) in [7, 11) is 0. The molecule has 0 fully saturated rings. The standard InChI is InChI=1S/C14H12N2O4/c1-8(17)11(9(2)18)12-13(19)16(14(20)15-12)10-6-4-3-5-7-10/h3-7,17H,1-2H3/b11-8+. The Hall–Kier alpha value is -2.76. The van der Waals surface area contributed by atoms with Crippen LogP contribution in [0.25, 0.3) is 0 Å². The molecule has 1 aromatic rings. The summed E-state index contributed by atoms with van der Waals surface area (Å²) in [6.07, 6.45) is 0. The molecule has 1 aromatic carbocycles. The minimum Gasteiger partial charge on any atom is -0.512 e. The van der Waals surface area contributed by atoms with Gasteiger partial charge in [0.2, 0.25) is 0 Å². The van der Waals surface area contributed by atoms with Crippen LogP contribution in [0, 0.1) is 0 Å². The van der Waals surface area contributed by atoms with E-state index in [1.807, 2.05) is 0 Å². The Morgan fingerprint density at radius 2 is 1.75 bits per heavy atom. The third-order valence-corrected chi connectivity index (χ3v) is 2.77. The van der Waals surface area contributed by atoms with E-state index >= 15 is 0 Å². The third kappa shape index (κ3) is 2.23.